The maximum atomic E-state index is 12.7. The second kappa shape index (κ2) is 6.10. The number of morpholine rings is 1. The molecule has 1 N–H and O–H groups in total. The predicted molar refractivity (Wildman–Crippen MR) is 81.4 cm³/mol. The number of hydrogen-bond donors (Lipinski definition) is 1. The first-order chi connectivity index (χ1) is 11.0. The summed E-state index contributed by atoms with van der Waals surface area (Å²) in [6, 6.07) is 3.97. The molecule has 7 nitrogen and oxygen atoms in total. The van der Waals surface area contributed by atoms with E-state index in [0.717, 1.165) is 4.90 Å². The highest BCUT2D eigenvalue weighted by atomic mass is 16.5. The lowest BCUT2D eigenvalue weighted by atomic mass is 10.1. The summed E-state index contributed by atoms with van der Waals surface area (Å²) in [6.07, 6.45) is 0.121. The fraction of sp³-hybridized carbons (Fsp3) is 0.438. The quantitative estimate of drug-likeness (QED) is 0.824. The van der Waals surface area contributed by atoms with E-state index in [2.05, 4.69) is 0 Å². The van der Waals surface area contributed by atoms with Crippen molar-refractivity contribution < 1.29 is 24.2 Å². The molecule has 2 aliphatic heterocycles. The molecule has 7 heteroatoms. The lowest BCUT2D eigenvalue weighted by molar-refractivity contribution is -0.123. The molecule has 2 saturated heterocycles. The second-order valence-corrected chi connectivity index (χ2v) is 5.74. The third kappa shape index (κ3) is 2.85. The molecular weight excluding hydrogens is 300 g/mol. The number of carbonyl (C=O) groups excluding carboxylic acids is 2. The van der Waals surface area contributed by atoms with E-state index >= 15 is 0 Å². The number of carbonyl (C=O) groups is 3. The highest BCUT2D eigenvalue weighted by Gasteiger charge is 2.43. The second-order valence-electron chi connectivity index (χ2n) is 5.74. The molecule has 3 rings (SSSR count). The number of hydrogen-bond acceptors (Lipinski definition) is 5. The van der Waals surface area contributed by atoms with Gasteiger partial charge in [-0.05, 0) is 24.6 Å². The van der Waals surface area contributed by atoms with Crippen molar-refractivity contribution in [1.82, 2.24) is 4.90 Å². The van der Waals surface area contributed by atoms with E-state index in [-0.39, 0.29) is 23.8 Å². The Morgan fingerprint density at radius 2 is 1.96 bits per heavy atom. The van der Waals surface area contributed by atoms with Crippen LogP contribution in [0.5, 0.6) is 0 Å². The average molecular weight is 318 g/mol. The Morgan fingerprint density at radius 3 is 2.61 bits per heavy atom. The number of carboxylic acid groups (broad SMARTS) is 1. The summed E-state index contributed by atoms with van der Waals surface area (Å²) in [5, 5.41) is 9.12. The number of benzene rings is 1. The van der Waals surface area contributed by atoms with Crippen LogP contribution in [-0.2, 0) is 14.3 Å². The summed E-state index contributed by atoms with van der Waals surface area (Å²) in [7, 11) is 0. The van der Waals surface area contributed by atoms with Crippen LogP contribution in [0.4, 0.5) is 5.69 Å². The smallest absolute Gasteiger partial charge is 0.335 e. The number of aromatic carboxylic acids is 1. The number of ether oxygens (including phenoxy) is 1. The Bertz CT molecular complexity index is 666. The fourth-order valence-corrected chi connectivity index (χ4v) is 3.03. The monoisotopic (exact) mass is 318 g/mol. The highest BCUT2D eigenvalue weighted by molar-refractivity contribution is 6.23. The van der Waals surface area contributed by atoms with Crippen LogP contribution in [0, 0.1) is 6.92 Å². The van der Waals surface area contributed by atoms with Crippen molar-refractivity contribution in [3.8, 4) is 0 Å². The van der Waals surface area contributed by atoms with Crippen LogP contribution < -0.4 is 4.90 Å². The van der Waals surface area contributed by atoms with Gasteiger partial charge in [-0.3, -0.25) is 14.5 Å². The molecule has 122 valence electrons. The summed E-state index contributed by atoms with van der Waals surface area (Å²) >= 11 is 0. The lowest BCUT2D eigenvalue weighted by Crippen LogP contribution is -2.47. The molecule has 1 aromatic rings. The summed E-state index contributed by atoms with van der Waals surface area (Å²) in [5.74, 6) is -1.67. The number of imide groups is 1. The first kappa shape index (κ1) is 15.6. The molecule has 23 heavy (non-hydrogen) atoms. The highest BCUT2D eigenvalue weighted by Crippen LogP contribution is 2.29. The van der Waals surface area contributed by atoms with Crippen molar-refractivity contribution >= 4 is 23.5 Å². The van der Waals surface area contributed by atoms with Gasteiger partial charge in [-0.2, -0.15) is 0 Å². The van der Waals surface area contributed by atoms with Crippen molar-refractivity contribution in [2.24, 2.45) is 0 Å². The Labute approximate surface area is 133 Å². The largest absolute Gasteiger partial charge is 0.478 e. The van der Waals surface area contributed by atoms with Gasteiger partial charge in [0.05, 0.1) is 36.9 Å². The van der Waals surface area contributed by atoms with E-state index < -0.39 is 12.0 Å². The zero-order valence-electron chi connectivity index (χ0n) is 12.8. The average Bonchev–Trinajstić information content (AvgIpc) is 2.83. The van der Waals surface area contributed by atoms with Gasteiger partial charge in [0.1, 0.15) is 0 Å². The van der Waals surface area contributed by atoms with Crippen LogP contribution in [0.1, 0.15) is 22.3 Å². The Hall–Kier alpha value is -2.25. The number of amides is 2. The fourth-order valence-electron chi connectivity index (χ4n) is 3.03. The minimum atomic E-state index is -1.09. The van der Waals surface area contributed by atoms with Gasteiger partial charge in [-0.1, -0.05) is 6.07 Å². The molecule has 1 aromatic carbocycles. The first-order valence-corrected chi connectivity index (χ1v) is 7.51. The van der Waals surface area contributed by atoms with Gasteiger partial charge in [0.2, 0.25) is 5.91 Å². The molecule has 2 amide bonds. The van der Waals surface area contributed by atoms with Crippen LogP contribution in [0.25, 0.3) is 0 Å². The van der Waals surface area contributed by atoms with Gasteiger partial charge in [-0.25, -0.2) is 9.69 Å². The minimum Gasteiger partial charge on any atom is -0.478 e. The van der Waals surface area contributed by atoms with Crippen LogP contribution in [-0.4, -0.2) is 60.1 Å². The number of aryl methyl sites for hydroxylation is 1. The SMILES string of the molecule is Cc1ccc(C(=O)O)cc1N1C(=O)C[C@@H](N2CCOCC2)C1=O. The van der Waals surface area contributed by atoms with Crippen molar-refractivity contribution in [3.63, 3.8) is 0 Å². The zero-order chi connectivity index (χ0) is 16.6. The standard InChI is InChI=1S/C16H18N2O5/c1-10-2-3-11(16(21)22)8-12(10)18-14(19)9-13(15(18)20)17-4-6-23-7-5-17/h2-3,8,13H,4-7,9H2,1H3,(H,21,22)/t13-/m1/s1. The molecule has 2 heterocycles. The van der Waals surface area contributed by atoms with E-state index in [1.807, 2.05) is 4.90 Å². The van der Waals surface area contributed by atoms with E-state index in [1.54, 1.807) is 13.0 Å². The molecule has 2 fully saturated rings. The van der Waals surface area contributed by atoms with Crippen LogP contribution in [0.15, 0.2) is 18.2 Å². The number of anilines is 1. The van der Waals surface area contributed by atoms with Crippen LogP contribution >= 0.6 is 0 Å². The predicted octanol–water partition coefficient (Wildman–Crippen LogP) is 0.657. The normalized spacial score (nSPS) is 22.7. The molecular formula is C16H18N2O5. The molecule has 0 saturated carbocycles. The van der Waals surface area contributed by atoms with Gasteiger partial charge in [0, 0.05) is 13.1 Å². The maximum Gasteiger partial charge on any atom is 0.335 e. The number of carboxylic acids is 1. The molecule has 2 aliphatic rings. The van der Waals surface area contributed by atoms with Gasteiger partial charge < -0.3 is 9.84 Å². The molecule has 1 atom stereocenters. The Morgan fingerprint density at radius 1 is 1.26 bits per heavy atom. The van der Waals surface area contributed by atoms with E-state index in [9.17, 15) is 14.4 Å². The van der Waals surface area contributed by atoms with E-state index in [4.69, 9.17) is 9.84 Å². The van der Waals surface area contributed by atoms with Crippen LogP contribution in [0.3, 0.4) is 0 Å². The molecule has 0 spiro atoms. The number of nitrogens with zero attached hydrogens (tertiary/aromatic N) is 2. The molecule has 0 unspecified atom stereocenters. The van der Waals surface area contributed by atoms with Crippen molar-refractivity contribution in [2.75, 3.05) is 31.2 Å². The van der Waals surface area contributed by atoms with Crippen LogP contribution in [0.2, 0.25) is 0 Å². The zero-order valence-corrected chi connectivity index (χ0v) is 12.8. The summed E-state index contributed by atoms with van der Waals surface area (Å²) < 4.78 is 5.28. The molecule has 0 bridgehead atoms. The van der Waals surface area contributed by atoms with Crippen molar-refractivity contribution in [3.05, 3.63) is 29.3 Å². The van der Waals surface area contributed by atoms with Crippen molar-refractivity contribution in [2.45, 2.75) is 19.4 Å². The lowest BCUT2D eigenvalue weighted by Gasteiger charge is -2.30. The van der Waals surface area contributed by atoms with E-state index in [0.29, 0.717) is 37.6 Å². The maximum absolute atomic E-state index is 12.7. The minimum absolute atomic E-state index is 0.0565. The van der Waals surface area contributed by atoms with Gasteiger partial charge >= 0.3 is 5.97 Å². The Balaban J connectivity index is 1.91. The first-order valence-electron chi connectivity index (χ1n) is 7.51. The summed E-state index contributed by atoms with van der Waals surface area (Å²) in [5.41, 5.74) is 1.11. The molecule has 0 radical (unpaired) electrons. The third-order valence-corrected chi connectivity index (χ3v) is 4.31. The summed E-state index contributed by atoms with van der Waals surface area (Å²) in [6.45, 7) is 4.08. The third-order valence-electron chi connectivity index (χ3n) is 4.31. The van der Waals surface area contributed by atoms with Gasteiger partial charge in [0.25, 0.3) is 5.91 Å². The number of rotatable bonds is 3. The topological polar surface area (TPSA) is 87.2 Å². The molecule has 0 aliphatic carbocycles. The summed E-state index contributed by atoms with van der Waals surface area (Å²) in [4.78, 5) is 39.3. The van der Waals surface area contributed by atoms with Gasteiger partial charge in [0.15, 0.2) is 0 Å². The van der Waals surface area contributed by atoms with Crippen molar-refractivity contribution in [1.29, 1.82) is 0 Å². The van der Waals surface area contributed by atoms with Gasteiger partial charge in [-0.15, -0.1) is 0 Å². The van der Waals surface area contributed by atoms with E-state index in [1.165, 1.54) is 12.1 Å². The Kier molecular flexibility index (Phi) is 4.14. The molecule has 0 aromatic heterocycles.